The number of thioether (sulfide) groups is 1. The second-order valence-corrected chi connectivity index (χ2v) is 7.14. The molecule has 23 heavy (non-hydrogen) atoms. The van der Waals surface area contributed by atoms with Crippen LogP contribution in [0.1, 0.15) is 36.7 Å². The standard InChI is InChI=1S/C19H20O3S/c1-19(2,3)15-9-11-16(12-10-15)22-17(20)13-23-18(21)14-7-5-4-6-8-14/h4-12H,13H2,1-3H3. The molecule has 0 spiro atoms. The fourth-order valence-electron chi connectivity index (χ4n) is 1.97. The van der Waals surface area contributed by atoms with Gasteiger partial charge < -0.3 is 4.74 Å². The van der Waals surface area contributed by atoms with Crippen LogP contribution in [-0.4, -0.2) is 16.8 Å². The highest BCUT2D eigenvalue weighted by Gasteiger charge is 2.14. The van der Waals surface area contributed by atoms with E-state index in [0.29, 0.717) is 11.3 Å². The van der Waals surface area contributed by atoms with E-state index >= 15 is 0 Å². The number of hydrogen-bond donors (Lipinski definition) is 0. The maximum Gasteiger partial charge on any atom is 0.321 e. The third-order valence-electron chi connectivity index (χ3n) is 3.28. The van der Waals surface area contributed by atoms with E-state index in [0.717, 1.165) is 11.8 Å². The van der Waals surface area contributed by atoms with Crippen molar-refractivity contribution in [1.82, 2.24) is 0 Å². The molecule has 2 rings (SSSR count). The number of rotatable bonds is 4. The summed E-state index contributed by atoms with van der Waals surface area (Å²) in [5, 5.41) is -0.134. The summed E-state index contributed by atoms with van der Waals surface area (Å²) in [5.41, 5.74) is 1.81. The number of esters is 1. The Bertz CT molecular complexity index is 670. The minimum absolute atomic E-state index is 0.00521. The Morgan fingerprint density at radius 1 is 0.957 bits per heavy atom. The molecule has 2 aromatic carbocycles. The smallest absolute Gasteiger partial charge is 0.321 e. The fraction of sp³-hybridized carbons (Fsp3) is 0.263. The van der Waals surface area contributed by atoms with Gasteiger partial charge in [-0.05, 0) is 23.1 Å². The summed E-state index contributed by atoms with van der Waals surface area (Å²) in [6.07, 6.45) is 0. The Morgan fingerprint density at radius 2 is 1.57 bits per heavy atom. The van der Waals surface area contributed by atoms with E-state index < -0.39 is 5.97 Å². The van der Waals surface area contributed by atoms with E-state index in [-0.39, 0.29) is 16.3 Å². The predicted molar refractivity (Wildman–Crippen MR) is 94.0 cm³/mol. The van der Waals surface area contributed by atoms with E-state index in [1.165, 1.54) is 5.56 Å². The number of carbonyl (C=O) groups excluding carboxylic acids is 2. The van der Waals surface area contributed by atoms with Crippen LogP contribution in [0.2, 0.25) is 0 Å². The number of carbonyl (C=O) groups is 2. The molecule has 0 bridgehead atoms. The van der Waals surface area contributed by atoms with Gasteiger partial charge in [-0.3, -0.25) is 9.59 Å². The van der Waals surface area contributed by atoms with Gasteiger partial charge in [0.1, 0.15) is 5.75 Å². The van der Waals surface area contributed by atoms with Crippen molar-refractivity contribution in [2.24, 2.45) is 0 Å². The highest BCUT2D eigenvalue weighted by molar-refractivity contribution is 8.14. The van der Waals surface area contributed by atoms with Crippen molar-refractivity contribution in [3.8, 4) is 5.75 Å². The molecule has 4 heteroatoms. The lowest BCUT2D eigenvalue weighted by Gasteiger charge is -2.18. The van der Waals surface area contributed by atoms with Crippen LogP contribution in [0.25, 0.3) is 0 Å². The molecule has 3 nitrogen and oxygen atoms in total. The van der Waals surface area contributed by atoms with Crippen LogP contribution in [0.4, 0.5) is 0 Å². The van der Waals surface area contributed by atoms with Crippen LogP contribution in [0, 0.1) is 0 Å². The first kappa shape index (κ1) is 17.3. The molecule has 0 N–H and O–H groups in total. The SMILES string of the molecule is CC(C)(C)c1ccc(OC(=O)CSC(=O)c2ccccc2)cc1. The van der Waals surface area contributed by atoms with Crippen LogP contribution in [0.15, 0.2) is 54.6 Å². The van der Waals surface area contributed by atoms with Crippen molar-refractivity contribution in [3.05, 3.63) is 65.7 Å². The van der Waals surface area contributed by atoms with E-state index in [4.69, 9.17) is 4.74 Å². The summed E-state index contributed by atoms with van der Waals surface area (Å²) >= 11 is 0.951. The molecule has 0 aliphatic heterocycles. The topological polar surface area (TPSA) is 43.4 Å². The third-order valence-corrected chi connectivity index (χ3v) is 4.16. The maximum atomic E-state index is 11.9. The van der Waals surface area contributed by atoms with E-state index in [1.54, 1.807) is 36.4 Å². The highest BCUT2D eigenvalue weighted by Crippen LogP contribution is 2.24. The molecule has 0 unspecified atom stereocenters. The molecular weight excluding hydrogens is 308 g/mol. The zero-order valence-electron chi connectivity index (χ0n) is 13.5. The second kappa shape index (κ2) is 7.47. The van der Waals surface area contributed by atoms with Crippen molar-refractivity contribution in [2.45, 2.75) is 26.2 Å². The molecule has 0 atom stereocenters. The normalized spacial score (nSPS) is 11.1. The minimum Gasteiger partial charge on any atom is -0.426 e. The molecule has 0 radical (unpaired) electrons. The lowest BCUT2D eigenvalue weighted by molar-refractivity contribution is -0.131. The van der Waals surface area contributed by atoms with Gasteiger partial charge in [-0.15, -0.1) is 0 Å². The lowest BCUT2D eigenvalue weighted by Crippen LogP contribution is -2.13. The van der Waals surface area contributed by atoms with Crippen LogP contribution < -0.4 is 4.74 Å². The zero-order valence-corrected chi connectivity index (χ0v) is 14.4. The monoisotopic (exact) mass is 328 g/mol. The Balaban J connectivity index is 1.86. The molecule has 0 saturated carbocycles. The average molecular weight is 328 g/mol. The quantitative estimate of drug-likeness (QED) is 0.614. The van der Waals surface area contributed by atoms with E-state index in [1.807, 2.05) is 18.2 Å². The summed E-state index contributed by atoms with van der Waals surface area (Å²) < 4.78 is 5.26. The lowest BCUT2D eigenvalue weighted by atomic mass is 9.87. The van der Waals surface area contributed by atoms with Gasteiger partial charge in [0.15, 0.2) is 0 Å². The Hall–Kier alpha value is -2.07. The fourth-order valence-corrected chi connectivity index (χ4v) is 2.58. The largest absolute Gasteiger partial charge is 0.426 e. The first-order chi connectivity index (χ1) is 10.9. The molecule has 2 aromatic rings. The molecule has 0 saturated heterocycles. The van der Waals surface area contributed by atoms with Crippen molar-refractivity contribution in [3.63, 3.8) is 0 Å². The van der Waals surface area contributed by atoms with Crippen molar-refractivity contribution >= 4 is 22.8 Å². The van der Waals surface area contributed by atoms with Crippen LogP contribution in [-0.2, 0) is 10.2 Å². The molecular formula is C19H20O3S. The van der Waals surface area contributed by atoms with Crippen LogP contribution in [0.5, 0.6) is 5.75 Å². The molecule has 0 aliphatic carbocycles. The van der Waals surface area contributed by atoms with Crippen molar-refractivity contribution < 1.29 is 14.3 Å². The first-order valence-corrected chi connectivity index (χ1v) is 8.38. The summed E-state index contributed by atoms with van der Waals surface area (Å²) in [4.78, 5) is 23.7. The zero-order chi connectivity index (χ0) is 16.9. The van der Waals surface area contributed by atoms with Gasteiger partial charge in [-0.25, -0.2) is 0 Å². The van der Waals surface area contributed by atoms with Gasteiger partial charge in [0.2, 0.25) is 5.12 Å². The van der Waals surface area contributed by atoms with Gasteiger partial charge in [0, 0.05) is 5.56 Å². The molecule has 120 valence electrons. The van der Waals surface area contributed by atoms with Crippen LogP contribution >= 0.6 is 11.8 Å². The molecule has 0 aromatic heterocycles. The third kappa shape index (κ3) is 5.25. The van der Waals surface area contributed by atoms with E-state index in [2.05, 4.69) is 20.8 Å². The Kier molecular flexibility index (Phi) is 5.61. The number of benzene rings is 2. The van der Waals surface area contributed by atoms with E-state index in [9.17, 15) is 9.59 Å². The summed E-state index contributed by atoms with van der Waals surface area (Å²) in [6, 6.07) is 16.3. The van der Waals surface area contributed by atoms with Gasteiger partial charge >= 0.3 is 5.97 Å². The van der Waals surface area contributed by atoms with Crippen molar-refractivity contribution in [2.75, 3.05) is 5.75 Å². The number of ether oxygens (including phenoxy) is 1. The van der Waals surface area contributed by atoms with Crippen molar-refractivity contribution in [1.29, 1.82) is 0 Å². The molecule has 0 fully saturated rings. The average Bonchev–Trinajstić information content (AvgIpc) is 2.53. The maximum absolute atomic E-state index is 11.9. The number of hydrogen-bond acceptors (Lipinski definition) is 4. The Morgan fingerprint density at radius 3 is 2.13 bits per heavy atom. The predicted octanol–water partition coefficient (Wildman–Crippen LogP) is 4.46. The first-order valence-electron chi connectivity index (χ1n) is 7.39. The molecule has 0 amide bonds. The minimum atomic E-state index is -0.428. The molecule has 0 aliphatic rings. The van der Waals surface area contributed by atoms with Gasteiger partial charge in [0.05, 0.1) is 5.75 Å². The van der Waals surface area contributed by atoms with Crippen LogP contribution in [0.3, 0.4) is 0 Å². The van der Waals surface area contributed by atoms with Gasteiger partial charge in [-0.1, -0.05) is 75.0 Å². The summed E-state index contributed by atoms with van der Waals surface area (Å²) in [6.45, 7) is 6.37. The van der Waals surface area contributed by atoms with Gasteiger partial charge in [0.25, 0.3) is 0 Å². The highest BCUT2D eigenvalue weighted by atomic mass is 32.2. The summed E-state index contributed by atoms with van der Waals surface area (Å²) in [7, 11) is 0. The van der Waals surface area contributed by atoms with Gasteiger partial charge in [-0.2, -0.15) is 0 Å². The Labute approximate surface area is 141 Å². The second-order valence-electron chi connectivity index (χ2n) is 6.19. The summed E-state index contributed by atoms with van der Waals surface area (Å²) in [5.74, 6) is 0.0629. The molecule has 0 heterocycles.